The molecule has 0 aromatic carbocycles. The lowest BCUT2D eigenvalue weighted by molar-refractivity contribution is -0.149. The standard InChI is InChI=1S/C36H69NO4/c1-5-8-10-11-14-17-21-24-31(34-30-32(36(39)40)28-29-37(34)4)25-22-18-15-12-13-16-19-23-27-35(38)41-33(7-3)26-20-9-6-2/h31-34H,5-30H2,1-4H3,(H,39,40)/t31?,32?,33-,34?/m0/s1. The van der Waals surface area contributed by atoms with Crippen molar-refractivity contribution in [1.29, 1.82) is 0 Å². The summed E-state index contributed by atoms with van der Waals surface area (Å²) in [5.41, 5.74) is 0. The van der Waals surface area contributed by atoms with Gasteiger partial charge in [0.05, 0.1) is 5.92 Å². The van der Waals surface area contributed by atoms with Gasteiger partial charge in [-0.1, -0.05) is 124 Å². The van der Waals surface area contributed by atoms with Crippen molar-refractivity contribution in [2.45, 2.75) is 193 Å². The van der Waals surface area contributed by atoms with Crippen LogP contribution in [0.4, 0.5) is 0 Å². The molecule has 0 saturated carbocycles. The summed E-state index contributed by atoms with van der Waals surface area (Å²) < 4.78 is 5.68. The summed E-state index contributed by atoms with van der Waals surface area (Å²) in [5.74, 6) is -0.120. The van der Waals surface area contributed by atoms with Gasteiger partial charge in [0.2, 0.25) is 0 Å². The molecule has 5 nitrogen and oxygen atoms in total. The van der Waals surface area contributed by atoms with Gasteiger partial charge in [0, 0.05) is 12.5 Å². The van der Waals surface area contributed by atoms with Gasteiger partial charge in [-0.15, -0.1) is 0 Å². The average Bonchev–Trinajstić information content (AvgIpc) is 2.96. The topological polar surface area (TPSA) is 66.8 Å². The number of esters is 1. The number of hydrogen-bond donors (Lipinski definition) is 1. The van der Waals surface area contributed by atoms with Crippen LogP contribution >= 0.6 is 0 Å². The Morgan fingerprint density at radius 2 is 1.22 bits per heavy atom. The molecule has 4 atom stereocenters. The molecular formula is C36H69NO4. The van der Waals surface area contributed by atoms with Crippen LogP contribution in [0.3, 0.4) is 0 Å². The van der Waals surface area contributed by atoms with Crippen LogP contribution in [0.1, 0.15) is 181 Å². The number of likely N-dealkylation sites (tertiary alicyclic amines) is 1. The van der Waals surface area contributed by atoms with Gasteiger partial charge in [-0.2, -0.15) is 0 Å². The minimum atomic E-state index is -0.595. The summed E-state index contributed by atoms with van der Waals surface area (Å²) in [7, 11) is 2.22. The molecule has 1 fully saturated rings. The third kappa shape index (κ3) is 18.9. The second-order valence-corrected chi connectivity index (χ2v) is 13.2. The van der Waals surface area contributed by atoms with E-state index >= 15 is 0 Å². The molecule has 0 aromatic heterocycles. The van der Waals surface area contributed by atoms with Gasteiger partial charge in [-0.3, -0.25) is 9.59 Å². The second kappa shape index (κ2) is 25.4. The average molecular weight is 580 g/mol. The first-order valence-electron chi connectivity index (χ1n) is 18.0. The second-order valence-electron chi connectivity index (χ2n) is 13.2. The number of carboxylic acid groups (broad SMARTS) is 1. The van der Waals surface area contributed by atoms with Crippen molar-refractivity contribution in [1.82, 2.24) is 4.90 Å². The fourth-order valence-electron chi connectivity index (χ4n) is 6.73. The summed E-state index contributed by atoms with van der Waals surface area (Å²) >= 11 is 0. The zero-order valence-electron chi connectivity index (χ0n) is 27.8. The van der Waals surface area contributed by atoms with Crippen molar-refractivity contribution in [3.05, 3.63) is 0 Å². The number of ether oxygens (including phenoxy) is 1. The van der Waals surface area contributed by atoms with E-state index in [4.69, 9.17) is 4.74 Å². The van der Waals surface area contributed by atoms with E-state index < -0.39 is 5.97 Å². The fraction of sp³-hybridized carbons (Fsp3) is 0.944. The Hall–Kier alpha value is -1.10. The van der Waals surface area contributed by atoms with Crippen LogP contribution in [0.2, 0.25) is 0 Å². The summed E-state index contributed by atoms with van der Waals surface area (Å²) in [5, 5.41) is 9.66. The van der Waals surface area contributed by atoms with Crippen LogP contribution in [0.5, 0.6) is 0 Å². The highest BCUT2D eigenvalue weighted by molar-refractivity contribution is 5.70. The molecule has 0 bridgehead atoms. The van der Waals surface area contributed by atoms with Gasteiger partial charge in [-0.25, -0.2) is 0 Å². The van der Waals surface area contributed by atoms with Gasteiger partial charge in [0.25, 0.3) is 0 Å². The molecule has 1 aliphatic heterocycles. The molecule has 1 rings (SSSR count). The maximum Gasteiger partial charge on any atom is 0.306 e. The third-order valence-corrected chi connectivity index (χ3v) is 9.58. The summed E-state index contributed by atoms with van der Waals surface area (Å²) in [4.78, 5) is 26.4. The number of hydrogen-bond acceptors (Lipinski definition) is 4. The van der Waals surface area contributed by atoms with Crippen LogP contribution in [0.25, 0.3) is 0 Å². The summed E-state index contributed by atoms with van der Waals surface area (Å²) in [6.45, 7) is 7.51. The predicted molar refractivity (Wildman–Crippen MR) is 173 cm³/mol. The molecule has 242 valence electrons. The lowest BCUT2D eigenvalue weighted by Crippen LogP contribution is -2.46. The lowest BCUT2D eigenvalue weighted by atomic mass is 9.79. The zero-order chi connectivity index (χ0) is 30.1. The highest BCUT2D eigenvalue weighted by Gasteiger charge is 2.34. The van der Waals surface area contributed by atoms with E-state index in [9.17, 15) is 14.7 Å². The minimum Gasteiger partial charge on any atom is -0.481 e. The van der Waals surface area contributed by atoms with Crippen molar-refractivity contribution >= 4 is 11.9 Å². The van der Waals surface area contributed by atoms with Gasteiger partial charge >= 0.3 is 11.9 Å². The highest BCUT2D eigenvalue weighted by Crippen LogP contribution is 2.33. The van der Waals surface area contributed by atoms with Crippen LogP contribution in [-0.4, -0.2) is 47.7 Å². The lowest BCUT2D eigenvalue weighted by Gasteiger charge is -2.40. The summed E-state index contributed by atoms with van der Waals surface area (Å²) in [6, 6.07) is 0.431. The Kier molecular flexibility index (Phi) is 23.5. The predicted octanol–water partition coefficient (Wildman–Crippen LogP) is 10.3. The number of piperidine rings is 1. The number of aliphatic carboxylic acids is 1. The Balaban J connectivity index is 2.24. The zero-order valence-corrected chi connectivity index (χ0v) is 27.8. The molecule has 0 spiro atoms. The maximum atomic E-state index is 12.2. The van der Waals surface area contributed by atoms with Gasteiger partial charge in [0.1, 0.15) is 6.10 Å². The summed E-state index contributed by atoms with van der Waals surface area (Å²) in [6.07, 6.45) is 29.4. The van der Waals surface area contributed by atoms with Crippen molar-refractivity contribution < 1.29 is 19.4 Å². The van der Waals surface area contributed by atoms with Crippen LogP contribution < -0.4 is 0 Å². The van der Waals surface area contributed by atoms with Crippen molar-refractivity contribution in [3.63, 3.8) is 0 Å². The molecular weight excluding hydrogens is 510 g/mol. The first kappa shape index (κ1) is 37.9. The van der Waals surface area contributed by atoms with E-state index in [-0.39, 0.29) is 18.0 Å². The SMILES string of the molecule is CCCCCCCCCC(CCCCCCCCCCC(=O)O[C@@H](CC)CCCCC)C1CC(C(=O)O)CCN1C. The van der Waals surface area contributed by atoms with Crippen LogP contribution in [0.15, 0.2) is 0 Å². The Morgan fingerprint density at radius 1 is 0.732 bits per heavy atom. The normalized spacial score (nSPS) is 19.2. The van der Waals surface area contributed by atoms with E-state index in [0.29, 0.717) is 18.4 Å². The van der Waals surface area contributed by atoms with Gasteiger partial charge in [0.15, 0.2) is 0 Å². The maximum absolute atomic E-state index is 12.2. The molecule has 1 N–H and O–H groups in total. The monoisotopic (exact) mass is 580 g/mol. The quantitative estimate of drug-likeness (QED) is 0.0774. The Labute approximate surface area is 254 Å². The first-order chi connectivity index (χ1) is 19.9. The number of nitrogens with zero attached hydrogens (tertiary/aromatic N) is 1. The Morgan fingerprint density at radius 3 is 1.76 bits per heavy atom. The molecule has 1 saturated heterocycles. The molecule has 0 radical (unpaired) electrons. The van der Waals surface area contributed by atoms with Crippen molar-refractivity contribution in [2.24, 2.45) is 11.8 Å². The van der Waals surface area contributed by atoms with E-state index in [0.717, 1.165) is 51.5 Å². The van der Waals surface area contributed by atoms with E-state index in [2.05, 4.69) is 32.7 Å². The van der Waals surface area contributed by atoms with Gasteiger partial charge in [-0.05, 0) is 70.9 Å². The number of carbonyl (C=O) groups excluding carboxylic acids is 1. The van der Waals surface area contributed by atoms with E-state index in [1.54, 1.807) is 0 Å². The molecule has 5 heteroatoms. The fourth-order valence-corrected chi connectivity index (χ4v) is 6.73. The largest absolute Gasteiger partial charge is 0.481 e. The number of carbonyl (C=O) groups is 2. The molecule has 3 unspecified atom stereocenters. The number of rotatable bonds is 27. The molecule has 41 heavy (non-hydrogen) atoms. The van der Waals surface area contributed by atoms with Crippen LogP contribution in [0, 0.1) is 11.8 Å². The molecule has 0 amide bonds. The Bertz CT molecular complexity index is 639. The van der Waals surface area contributed by atoms with Gasteiger partial charge < -0.3 is 14.7 Å². The smallest absolute Gasteiger partial charge is 0.306 e. The minimum absolute atomic E-state index is 0.00215. The van der Waals surface area contributed by atoms with Crippen LogP contribution in [-0.2, 0) is 14.3 Å². The molecule has 0 aromatic rings. The third-order valence-electron chi connectivity index (χ3n) is 9.58. The first-order valence-corrected chi connectivity index (χ1v) is 18.0. The molecule has 1 heterocycles. The van der Waals surface area contributed by atoms with E-state index in [1.165, 1.54) is 109 Å². The number of carboxylic acids is 1. The number of unbranched alkanes of at least 4 members (excludes halogenated alkanes) is 15. The van der Waals surface area contributed by atoms with Crippen molar-refractivity contribution in [3.8, 4) is 0 Å². The molecule has 0 aliphatic carbocycles. The molecule has 1 aliphatic rings. The highest BCUT2D eigenvalue weighted by atomic mass is 16.5. The van der Waals surface area contributed by atoms with E-state index in [1.807, 2.05) is 0 Å². The van der Waals surface area contributed by atoms with Crippen molar-refractivity contribution in [2.75, 3.05) is 13.6 Å².